The van der Waals surface area contributed by atoms with Gasteiger partial charge in [0.2, 0.25) is 0 Å². The predicted molar refractivity (Wildman–Crippen MR) is 61.4 cm³/mol. The third-order valence-electron chi connectivity index (χ3n) is 2.30. The average Bonchev–Trinajstić information content (AvgIpc) is 2.28. The van der Waals surface area contributed by atoms with Crippen LogP contribution in [0.4, 0.5) is 8.78 Å². The summed E-state index contributed by atoms with van der Waals surface area (Å²) in [6.45, 7) is 0. The zero-order valence-electron chi connectivity index (χ0n) is 8.38. The Hall–Kier alpha value is -1.41. The lowest BCUT2D eigenvalue weighted by molar-refractivity contribution is 0.623. The summed E-state index contributed by atoms with van der Waals surface area (Å²) >= 11 is 5.64. The molecule has 0 atom stereocenters. The van der Waals surface area contributed by atoms with Crippen LogP contribution in [0.1, 0.15) is 5.56 Å². The largest absolute Gasteiger partial charge is 0.207 e. The van der Waals surface area contributed by atoms with E-state index in [1.807, 2.05) is 0 Å². The van der Waals surface area contributed by atoms with Gasteiger partial charge in [-0.2, -0.15) is 0 Å². The molecule has 0 unspecified atom stereocenters. The lowest BCUT2D eigenvalue weighted by Crippen LogP contribution is -1.88. The van der Waals surface area contributed by atoms with Gasteiger partial charge in [-0.25, -0.2) is 8.78 Å². The SMILES string of the molecule is Fc1cc(CCl)cc(-c2ccccc2F)c1. The highest BCUT2D eigenvalue weighted by atomic mass is 35.5. The van der Waals surface area contributed by atoms with Crippen LogP contribution >= 0.6 is 11.6 Å². The second-order valence-electron chi connectivity index (χ2n) is 3.46. The molecular formula is C13H9ClF2. The van der Waals surface area contributed by atoms with Crippen LogP contribution in [-0.2, 0) is 5.88 Å². The number of alkyl halides is 1. The maximum Gasteiger partial charge on any atom is 0.131 e. The van der Waals surface area contributed by atoms with Gasteiger partial charge in [0.1, 0.15) is 11.6 Å². The van der Waals surface area contributed by atoms with E-state index in [4.69, 9.17) is 11.6 Å². The summed E-state index contributed by atoms with van der Waals surface area (Å²) in [6, 6.07) is 10.6. The normalized spacial score (nSPS) is 10.4. The fourth-order valence-corrected chi connectivity index (χ4v) is 1.73. The molecule has 0 heterocycles. The van der Waals surface area contributed by atoms with Crippen LogP contribution in [0.3, 0.4) is 0 Å². The van der Waals surface area contributed by atoms with Gasteiger partial charge in [-0.05, 0) is 35.4 Å². The molecule has 0 spiro atoms. The number of halogens is 3. The van der Waals surface area contributed by atoms with Gasteiger partial charge in [-0.3, -0.25) is 0 Å². The number of benzene rings is 2. The van der Waals surface area contributed by atoms with Crippen molar-refractivity contribution in [3.8, 4) is 11.1 Å². The smallest absolute Gasteiger partial charge is 0.131 e. The molecule has 0 aliphatic rings. The third-order valence-corrected chi connectivity index (χ3v) is 2.61. The zero-order valence-corrected chi connectivity index (χ0v) is 9.14. The van der Waals surface area contributed by atoms with Crippen LogP contribution in [0, 0.1) is 11.6 Å². The third kappa shape index (κ3) is 2.22. The Balaban J connectivity index is 2.56. The van der Waals surface area contributed by atoms with Gasteiger partial charge < -0.3 is 0 Å². The first-order chi connectivity index (χ1) is 7.70. The Labute approximate surface area is 97.5 Å². The minimum absolute atomic E-state index is 0.208. The van der Waals surface area contributed by atoms with Crippen molar-refractivity contribution in [3.05, 3.63) is 59.7 Å². The van der Waals surface area contributed by atoms with Crippen molar-refractivity contribution in [2.24, 2.45) is 0 Å². The summed E-state index contributed by atoms with van der Waals surface area (Å²) in [4.78, 5) is 0. The Morgan fingerprint density at radius 3 is 2.44 bits per heavy atom. The molecule has 0 fully saturated rings. The van der Waals surface area contributed by atoms with Crippen LogP contribution in [0.15, 0.2) is 42.5 Å². The second-order valence-corrected chi connectivity index (χ2v) is 3.73. The van der Waals surface area contributed by atoms with Crippen LogP contribution in [0.2, 0.25) is 0 Å². The Kier molecular flexibility index (Phi) is 3.20. The van der Waals surface area contributed by atoms with E-state index in [0.717, 1.165) is 0 Å². The highest BCUT2D eigenvalue weighted by molar-refractivity contribution is 6.17. The molecule has 0 radical (unpaired) electrons. The van der Waals surface area contributed by atoms with Crippen molar-refractivity contribution in [2.75, 3.05) is 0 Å². The van der Waals surface area contributed by atoms with Gasteiger partial charge in [0.05, 0.1) is 0 Å². The number of rotatable bonds is 2. The van der Waals surface area contributed by atoms with Crippen LogP contribution in [-0.4, -0.2) is 0 Å². The highest BCUT2D eigenvalue weighted by Gasteiger charge is 2.06. The van der Waals surface area contributed by atoms with Crippen LogP contribution < -0.4 is 0 Å². The van der Waals surface area contributed by atoms with Crippen LogP contribution in [0.5, 0.6) is 0 Å². The molecule has 0 aromatic heterocycles. The molecule has 2 aromatic carbocycles. The highest BCUT2D eigenvalue weighted by Crippen LogP contribution is 2.25. The van der Waals surface area contributed by atoms with Crippen molar-refractivity contribution in [1.29, 1.82) is 0 Å². The molecule has 0 nitrogen and oxygen atoms in total. The summed E-state index contributed by atoms with van der Waals surface area (Å²) in [5.74, 6) is -0.566. The average molecular weight is 239 g/mol. The van der Waals surface area contributed by atoms with Crippen molar-refractivity contribution >= 4 is 11.6 Å². The molecular weight excluding hydrogens is 230 g/mol. The maximum absolute atomic E-state index is 13.5. The molecule has 0 aliphatic heterocycles. The van der Waals surface area contributed by atoms with Crippen molar-refractivity contribution < 1.29 is 8.78 Å². The van der Waals surface area contributed by atoms with Crippen molar-refractivity contribution in [2.45, 2.75) is 5.88 Å². The quantitative estimate of drug-likeness (QED) is 0.682. The Morgan fingerprint density at radius 1 is 1.00 bits per heavy atom. The van der Waals surface area contributed by atoms with E-state index in [1.165, 1.54) is 18.2 Å². The monoisotopic (exact) mass is 238 g/mol. The van der Waals surface area contributed by atoms with Gasteiger partial charge in [0.25, 0.3) is 0 Å². The molecule has 0 bridgehead atoms. The molecule has 0 saturated heterocycles. The summed E-state index contributed by atoms with van der Waals surface area (Å²) in [6.07, 6.45) is 0. The van der Waals surface area contributed by atoms with Gasteiger partial charge in [0, 0.05) is 11.4 Å². The van der Waals surface area contributed by atoms with Crippen LogP contribution in [0.25, 0.3) is 11.1 Å². The molecule has 2 rings (SSSR count). The van der Waals surface area contributed by atoms with Gasteiger partial charge in [-0.1, -0.05) is 18.2 Å². The van der Waals surface area contributed by atoms with Gasteiger partial charge in [-0.15, -0.1) is 11.6 Å². The predicted octanol–water partition coefficient (Wildman–Crippen LogP) is 4.37. The van der Waals surface area contributed by atoms with Crippen molar-refractivity contribution in [3.63, 3.8) is 0 Å². The number of hydrogen-bond donors (Lipinski definition) is 0. The molecule has 82 valence electrons. The maximum atomic E-state index is 13.5. The first kappa shape index (κ1) is 11.1. The molecule has 2 aromatic rings. The topological polar surface area (TPSA) is 0 Å². The molecule has 0 aliphatic carbocycles. The van der Waals surface area contributed by atoms with E-state index in [0.29, 0.717) is 16.7 Å². The second kappa shape index (κ2) is 4.62. The minimum atomic E-state index is -0.406. The fourth-order valence-electron chi connectivity index (χ4n) is 1.58. The van der Waals surface area contributed by atoms with E-state index >= 15 is 0 Å². The molecule has 16 heavy (non-hydrogen) atoms. The molecule has 0 amide bonds. The molecule has 0 saturated carbocycles. The first-order valence-electron chi connectivity index (χ1n) is 4.81. The summed E-state index contributed by atoms with van der Waals surface area (Å²) < 4.78 is 26.7. The summed E-state index contributed by atoms with van der Waals surface area (Å²) in [5, 5.41) is 0. The molecule has 3 heteroatoms. The lowest BCUT2D eigenvalue weighted by Gasteiger charge is -2.05. The van der Waals surface area contributed by atoms with Gasteiger partial charge in [0.15, 0.2) is 0 Å². The van der Waals surface area contributed by atoms with Crippen molar-refractivity contribution in [1.82, 2.24) is 0 Å². The fraction of sp³-hybridized carbons (Fsp3) is 0.0769. The lowest BCUT2D eigenvalue weighted by atomic mass is 10.0. The summed E-state index contributed by atoms with van der Waals surface area (Å²) in [5.41, 5.74) is 1.53. The first-order valence-corrected chi connectivity index (χ1v) is 5.34. The van der Waals surface area contributed by atoms with E-state index in [-0.39, 0.29) is 11.7 Å². The van der Waals surface area contributed by atoms with E-state index in [9.17, 15) is 8.78 Å². The summed E-state index contributed by atoms with van der Waals surface area (Å²) in [7, 11) is 0. The van der Waals surface area contributed by atoms with E-state index in [2.05, 4.69) is 0 Å². The molecule has 0 N–H and O–H groups in total. The number of hydrogen-bond acceptors (Lipinski definition) is 0. The van der Waals surface area contributed by atoms with E-state index in [1.54, 1.807) is 24.3 Å². The Bertz CT molecular complexity index is 509. The van der Waals surface area contributed by atoms with E-state index < -0.39 is 5.82 Å². The Morgan fingerprint density at radius 2 is 1.75 bits per heavy atom. The standard InChI is InChI=1S/C13H9ClF2/c14-8-9-5-10(7-11(15)6-9)12-3-1-2-4-13(12)16/h1-7H,8H2. The zero-order chi connectivity index (χ0) is 11.5. The minimum Gasteiger partial charge on any atom is -0.207 e. The van der Waals surface area contributed by atoms with Gasteiger partial charge >= 0.3 is 0 Å².